The molecule has 4 rings (SSSR count). The van der Waals surface area contributed by atoms with E-state index in [2.05, 4.69) is 0 Å². The Balaban J connectivity index is 1.49. The van der Waals surface area contributed by atoms with Crippen LogP contribution in [0.5, 0.6) is 0 Å². The predicted molar refractivity (Wildman–Crippen MR) is 121 cm³/mol. The van der Waals surface area contributed by atoms with E-state index in [0.717, 1.165) is 47.4 Å². The second-order valence-electron chi connectivity index (χ2n) is 8.07. The van der Waals surface area contributed by atoms with Gasteiger partial charge in [0.1, 0.15) is 12.3 Å². The molecule has 7 heteroatoms. The molecule has 0 aliphatic heterocycles. The number of aliphatic carboxylic acids is 1. The van der Waals surface area contributed by atoms with Crippen molar-refractivity contribution >= 4 is 17.3 Å². The molecule has 0 saturated heterocycles. The monoisotopic (exact) mass is 438 g/mol. The lowest BCUT2D eigenvalue weighted by Gasteiger charge is -2.28. The SMILES string of the molecule is O=C(O)COCC1CCC(Cn2nc(-c3cccs3)c(-c3ccccc3)cc2=O)CC1. The number of aromatic nitrogens is 2. The summed E-state index contributed by atoms with van der Waals surface area (Å²) in [6, 6.07) is 15.7. The second kappa shape index (κ2) is 10.0. The van der Waals surface area contributed by atoms with Crippen molar-refractivity contribution in [1.29, 1.82) is 0 Å². The summed E-state index contributed by atoms with van der Waals surface area (Å²) in [4.78, 5) is 24.5. The minimum absolute atomic E-state index is 0.0777. The maximum atomic E-state index is 12.9. The van der Waals surface area contributed by atoms with Gasteiger partial charge < -0.3 is 9.84 Å². The fourth-order valence-corrected chi connectivity index (χ4v) is 4.92. The summed E-state index contributed by atoms with van der Waals surface area (Å²) in [5.41, 5.74) is 2.62. The number of hydrogen-bond acceptors (Lipinski definition) is 5. The maximum absolute atomic E-state index is 12.9. The van der Waals surface area contributed by atoms with Crippen LogP contribution in [0, 0.1) is 11.8 Å². The van der Waals surface area contributed by atoms with Crippen molar-refractivity contribution in [2.45, 2.75) is 32.2 Å². The summed E-state index contributed by atoms with van der Waals surface area (Å²) in [5.74, 6) is -0.151. The van der Waals surface area contributed by atoms with Crippen molar-refractivity contribution < 1.29 is 14.6 Å². The Morgan fingerprint density at radius 1 is 1.10 bits per heavy atom. The van der Waals surface area contributed by atoms with Crippen LogP contribution in [0.25, 0.3) is 21.7 Å². The summed E-state index contributed by atoms with van der Waals surface area (Å²) in [6.45, 7) is 0.860. The van der Waals surface area contributed by atoms with Crippen molar-refractivity contribution in [3.05, 3.63) is 64.3 Å². The summed E-state index contributed by atoms with van der Waals surface area (Å²) in [6.07, 6.45) is 3.95. The van der Waals surface area contributed by atoms with E-state index < -0.39 is 5.97 Å². The van der Waals surface area contributed by atoms with Gasteiger partial charge in [-0.25, -0.2) is 9.48 Å². The Morgan fingerprint density at radius 2 is 1.84 bits per heavy atom. The van der Waals surface area contributed by atoms with Crippen LogP contribution in [0.2, 0.25) is 0 Å². The summed E-state index contributed by atoms with van der Waals surface area (Å²) < 4.78 is 6.87. The molecule has 0 amide bonds. The van der Waals surface area contributed by atoms with Gasteiger partial charge in [0, 0.05) is 18.2 Å². The highest BCUT2D eigenvalue weighted by atomic mass is 32.1. The molecule has 31 heavy (non-hydrogen) atoms. The lowest BCUT2D eigenvalue weighted by Crippen LogP contribution is -2.29. The number of carboxylic acids is 1. The van der Waals surface area contributed by atoms with Crippen LogP contribution in [0.1, 0.15) is 25.7 Å². The summed E-state index contributed by atoms with van der Waals surface area (Å²) in [5, 5.41) is 15.5. The van der Waals surface area contributed by atoms with Crippen LogP contribution >= 0.6 is 11.3 Å². The molecule has 6 nitrogen and oxygen atoms in total. The normalized spacial score (nSPS) is 18.7. The molecular formula is C24H26N2O4S. The first-order valence-corrected chi connectivity index (χ1v) is 11.5. The third kappa shape index (κ3) is 5.48. The van der Waals surface area contributed by atoms with E-state index in [1.165, 1.54) is 0 Å². The van der Waals surface area contributed by atoms with Gasteiger partial charge in [-0.3, -0.25) is 4.79 Å². The number of ether oxygens (including phenoxy) is 1. The molecule has 3 aromatic rings. The van der Waals surface area contributed by atoms with Gasteiger partial charge in [0.05, 0.1) is 11.5 Å². The van der Waals surface area contributed by atoms with Gasteiger partial charge in [-0.1, -0.05) is 36.4 Å². The third-order valence-electron chi connectivity index (χ3n) is 5.81. The third-order valence-corrected chi connectivity index (χ3v) is 6.69. The van der Waals surface area contributed by atoms with E-state index in [0.29, 0.717) is 25.0 Å². The molecule has 1 aliphatic rings. The molecule has 0 radical (unpaired) electrons. The number of thiophene rings is 1. The van der Waals surface area contributed by atoms with Gasteiger partial charge in [0.25, 0.3) is 5.56 Å². The lowest BCUT2D eigenvalue weighted by atomic mass is 9.82. The summed E-state index contributed by atoms with van der Waals surface area (Å²) >= 11 is 1.62. The fourth-order valence-electron chi connectivity index (χ4n) is 4.19. The van der Waals surface area contributed by atoms with Gasteiger partial charge in [-0.2, -0.15) is 5.10 Å². The topological polar surface area (TPSA) is 81.4 Å². The van der Waals surface area contributed by atoms with Crippen LogP contribution in [0.15, 0.2) is 58.7 Å². The molecule has 0 atom stereocenters. The molecule has 0 bridgehead atoms. The highest BCUT2D eigenvalue weighted by Gasteiger charge is 2.23. The average molecular weight is 439 g/mol. The molecule has 0 unspecified atom stereocenters. The lowest BCUT2D eigenvalue weighted by molar-refractivity contribution is -0.142. The zero-order chi connectivity index (χ0) is 21.6. The Labute approximate surface area is 185 Å². The van der Waals surface area contributed by atoms with Crippen LogP contribution in [0.4, 0.5) is 0 Å². The number of benzene rings is 1. The zero-order valence-electron chi connectivity index (χ0n) is 17.3. The number of carboxylic acid groups (broad SMARTS) is 1. The first-order valence-electron chi connectivity index (χ1n) is 10.6. The average Bonchev–Trinajstić information content (AvgIpc) is 3.31. The summed E-state index contributed by atoms with van der Waals surface area (Å²) in [7, 11) is 0. The number of carbonyl (C=O) groups is 1. The fraction of sp³-hybridized carbons (Fsp3) is 0.375. The molecule has 1 saturated carbocycles. The van der Waals surface area contributed by atoms with Crippen LogP contribution in [-0.4, -0.2) is 34.1 Å². The van der Waals surface area contributed by atoms with Gasteiger partial charge in [0.15, 0.2) is 0 Å². The number of nitrogens with zero attached hydrogens (tertiary/aromatic N) is 2. The first-order chi connectivity index (χ1) is 15.1. The first kappa shape index (κ1) is 21.5. The zero-order valence-corrected chi connectivity index (χ0v) is 18.1. The Kier molecular flexibility index (Phi) is 6.94. The molecule has 1 fully saturated rings. The predicted octanol–water partition coefficient (Wildman–Crippen LogP) is 4.55. The molecular weight excluding hydrogens is 412 g/mol. The van der Waals surface area contributed by atoms with Crippen molar-refractivity contribution in [1.82, 2.24) is 9.78 Å². The Hall–Kier alpha value is -2.77. The number of hydrogen-bond donors (Lipinski definition) is 1. The van der Waals surface area contributed by atoms with E-state index in [4.69, 9.17) is 14.9 Å². The quantitative estimate of drug-likeness (QED) is 0.558. The molecule has 1 aliphatic carbocycles. The largest absolute Gasteiger partial charge is 0.480 e. The Morgan fingerprint density at radius 3 is 2.52 bits per heavy atom. The van der Waals surface area contributed by atoms with E-state index >= 15 is 0 Å². The smallest absolute Gasteiger partial charge is 0.329 e. The van der Waals surface area contributed by atoms with Crippen molar-refractivity contribution in [2.24, 2.45) is 11.8 Å². The maximum Gasteiger partial charge on any atom is 0.329 e. The van der Waals surface area contributed by atoms with Crippen LogP contribution in [-0.2, 0) is 16.1 Å². The van der Waals surface area contributed by atoms with Gasteiger partial charge in [-0.15, -0.1) is 11.3 Å². The standard InChI is InChI=1S/C24H26N2O4S/c27-22-13-20(19-5-2-1-3-6-19)24(21-7-4-12-31-21)25-26(22)14-17-8-10-18(11-9-17)15-30-16-23(28)29/h1-7,12-13,17-18H,8-11,14-16H2,(H,28,29). The van der Waals surface area contributed by atoms with Gasteiger partial charge in [-0.05, 0) is 54.5 Å². The minimum atomic E-state index is -0.931. The van der Waals surface area contributed by atoms with E-state index in [-0.39, 0.29) is 12.2 Å². The van der Waals surface area contributed by atoms with E-state index in [9.17, 15) is 9.59 Å². The molecule has 2 aromatic heterocycles. The van der Waals surface area contributed by atoms with E-state index in [1.54, 1.807) is 22.1 Å². The highest BCUT2D eigenvalue weighted by Crippen LogP contribution is 2.33. The minimum Gasteiger partial charge on any atom is -0.480 e. The molecule has 0 spiro atoms. The van der Waals surface area contributed by atoms with E-state index in [1.807, 2.05) is 47.8 Å². The van der Waals surface area contributed by atoms with Crippen LogP contribution in [0.3, 0.4) is 0 Å². The van der Waals surface area contributed by atoms with Gasteiger partial charge >= 0.3 is 5.97 Å². The molecule has 1 N–H and O–H groups in total. The molecule has 162 valence electrons. The van der Waals surface area contributed by atoms with Crippen LogP contribution < -0.4 is 5.56 Å². The van der Waals surface area contributed by atoms with Gasteiger partial charge in [0.2, 0.25) is 0 Å². The highest BCUT2D eigenvalue weighted by molar-refractivity contribution is 7.13. The Bertz CT molecular complexity index is 1050. The molecule has 2 heterocycles. The van der Waals surface area contributed by atoms with Crippen molar-refractivity contribution in [3.63, 3.8) is 0 Å². The van der Waals surface area contributed by atoms with Crippen molar-refractivity contribution in [3.8, 4) is 21.7 Å². The number of rotatable bonds is 8. The molecule has 1 aromatic carbocycles. The van der Waals surface area contributed by atoms with Crippen molar-refractivity contribution in [2.75, 3.05) is 13.2 Å². The second-order valence-corrected chi connectivity index (χ2v) is 9.01.